The minimum absolute atomic E-state index is 0.147. The highest BCUT2D eigenvalue weighted by atomic mass is 16.5. The summed E-state index contributed by atoms with van der Waals surface area (Å²) < 4.78 is 5.30. The molecular formula is C18H22N2O4. The molecule has 0 radical (unpaired) electrons. The van der Waals surface area contributed by atoms with E-state index in [0.717, 1.165) is 36.0 Å². The Morgan fingerprint density at radius 1 is 1.38 bits per heavy atom. The Morgan fingerprint density at radius 2 is 2.17 bits per heavy atom. The highest BCUT2D eigenvalue weighted by Gasteiger charge is 2.13. The summed E-state index contributed by atoms with van der Waals surface area (Å²) in [7, 11) is 2.03. The fourth-order valence-electron chi connectivity index (χ4n) is 2.48. The van der Waals surface area contributed by atoms with Crippen molar-refractivity contribution in [3.05, 3.63) is 42.6 Å². The molecule has 0 saturated carbocycles. The fraction of sp³-hybridized carbons (Fsp3) is 0.333. The van der Waals surface area contributed by atoms with Gasteiger partial charge in [0.2, 0.25) is 0 Å². The van der Waals surface area contributed by atoms with Gasteiger partial charge in [-0.25, -0.2) is 0 Å². The van der Waals surface area contributed by atoms with E-state index in [9.17, 15) is 9.59 Å². The van der Waals surface area contributed by atoms with E-state index >= 15 is 0 Å². The van der Waals surface area contributed by atoms with E-state index < -0.39 is 11.9 Å². The first-order chi connectivity index (χ1) is 11.5. The molecule has 128 valence electrons. The number of carbonyl (C=O) groups excluding carboxylic acids is 1. The van der Waals surface area contributed by atoms with Crippen LogP contribution in [0.15, 0.2) is 37.1 Å². The summed E-state index contributed by atoms with van der Waals surface area (Å²) in [5.74, 6) is -1.14. The summed E-state index contributed by atoms with van der Waals surface area (Å²) in [6.45, 7) is 5.45. The molecule has 2 rings (SSSR count). The highest BCUT2D eigenvalue weighted by molar-refractivity contribution is 5.90. The van der Waals surface area contributed by atoms with Crippen molar-refractivity contribution in [2.45, 2.75) is 19.3 Å². The number of nitrogens with one attached hydrogen (secondary N) is 1. The predicted octanol–water partition coefficient (Wildman–Crippen LogP) is 2.60. The summed E-state index contributed by atoms with van der Waals surface area (Å²) in [5, 5.41) is 9.63. The molecule has 0 fully saturated rings. The lowest BCUT2D eigenvalue weighted by atomic mass is 10.1. The molecule has 24 heavy (non-hydrogen) atoms. The number of hydrogen-bond acceptors (Lipinski definition) is 4. The summed E-state index contributed by atoms with van der Waals surface area (Å²) in [6.07, 6.45) is 4.26. The van der Waals surface area contributed by atoms with Gasteiger partial charge in [0.15, 0.2) is 5.75 Å². The Labute approximate surface area is 140 Å². The summed E-state index contributed by atoms with van der Waals surface area (Å²) in [4.78, 5) is 27.6. The van der Waals surface area contributed by atoms with Crippen molar-refractivity contribution in [2.75, 3.05) is 20.1 Å². The van der Waals surface area contributed by atoms with Gasteiger partial charge in [0.1, 0.15) is 0 Å². The first-order valence-corrected chi connectivity index (χ1v) is 7.82. The van der Waals surface area contributed by atoms with Crippen molar-refractivity contribution in [3.63, 3.8) is 0 Å². The number of esters is 1. The van der Waals surface area contributed by atoms with Gasteiger partial charge in [-0.05, 0) is 25.1 Å². The second-order valence-electron chi connectivity index (χ2n) is 5.66. The Morgan fingerprint density at radius 3 is 2.88 bits per heavy atom. The van der Waals surface area contributed by atoms with Crippen molar-refractivity contribution in [1.82, 2.24) is 9.88 Å². The number of rotatable bonds is 9. The van der Waals surface area contributed by atoms with Gasteiger partial charge in [-0.15, -0.1) is 6.58 Å². The third-order valence-electron chi connectivity index (χ3n) is 3.73. The van der Waals surface area contributed by atoms with Gasteiger partial charge in [-0.3, -0.25) is 9.59 Å². The van der Waals surface area contributed by atoms with Crippen LogP contribution in [0.3, 0.4) is 0 Å². The maximum absolute atomic E-state index is 11.7. The number of hydrogen-bond donors (Lipinski definition) is 2. The van der Waals surface area contributed by atoms with Crippen LogP contribution in [-0.4, -0.2) is 47.1 Å². The van der Waals surface area contributed by atoms with E-state index in [1.54, 1.807) is 6.07 Å². The molecule has 0 unspecified atom stereocenters. The SMILES string of the molecule is C=CCN(C)CCc1c[nH]c2c(OC(=O)CCC(=O)O)cccc12. The van der Waals surface area contributed by atoms with Crippen LogP contribution in [0, 0.1) is 0 Å². The molecule has 1 heterocycles. The lowest BCUT2D eigenvalue weighted by molar-refractivity contribution is -0.142. The standard InChI is InChI=1S/C18H22N2O4/c1-3-10-20(2)11-9-13-12-19-18-14(13)5-4-6-15(18)24-17(23)8-7-16(21)22/h3-6,12,19H,1,7-11H2,2H3,(H,21,22). The van der Waals surface area contributed by atoms with Crippen LogP contribution < -0.4 is 4.74 Å². The second-order valence-corrected chi connectivity index (χ2v) is 5.66. The monoisotopic (exact) mass is 330 g/mol. The zero-order chi connectivity index (χ0) is 17.5. The third kappa shape index (κ3) is 4.70. The topological polar surface area (TPSA) is 82.6 Å². The maximum atomic E-state index is 11.7. The largest absolute Gasteiger partial charge is 0.481 e. The minimum Gasteiger partial charge on any atom is -0.481 e. The first-order valence-electron chi connectivity index (χ1n) is 7.82. The molecule has 0 amide bonds. The van der Waals surface area contributed by atoms with Crippen molar-refractivity contribution in [1.29, 1.82) is 0 Å². The number of carboxylic acid groups (broad SMARTS) is 1. The molecule has 1 aromatic carbocycles. The Hall–Kier alpha value is -2.60. The summed E-state index contributed by atoms with van der Waals surface area (Å²) in [6, 6.07) is 5.50. The van der Waals surface area contributed by atoms with Crippen LogP contribution in [0.25, 0.3) is 10.9 Å². The molecule has 1 aromatic heterocycles. The quantitative estimate of drug-likeness (QED) is 0.419. The van der Waals surface area contributed by atoms with Crippen LogP contribution in [0.2, 0.25) is 0 Å². The van der Waals surface area contributed by atoms with E-state index in [4.69, 9.17) is 9.84 Å². The van der Waals surface area contributed by atoms with E-state index in [1.807, 2.05) is 31.5 Å². The maximum Gasteiger partial charge on any atom is 0.311 e. The number of aliphatic carboxylic acids is 1. The van der Waals surface area contributed by atoms with Gasteiger partial charge >= 0.3 is 11.9 Å². The van der Waals surface area contributed by atoms with Gasteiger partial charge in [0.05, 0.1) is 18.4 Å². The smallest absolute Gasteiger partial charge is 0.311 e. The third-order valence-corrected chi connectivity index (χ3v) is 3.73. The molecular weight excluding hydrogens is 308 g/mol. The van der Waals surface area contributed by atoms with Crippen LogP contribution in [0.4, 0.5) is 0 Å². The van der Waals surface area contributed by atoms with E-state index in [1.165, 1.54) is 0 Å². The number of benzene rings is 1. The lowest BCUT2D eigenvalue weighted by Crippen LogP contribution is -2.20. The van der Waals surface area contributed by atoms with E-state index in [2.05, 4.69) is 16.5 Å². The number of aromatic amines is 1. The molecule has 2 aromatic rings. The normalized spacial score (nSPS) is 10.9. The molecule has 0 aliphatic rings. The van der Waals surface area contributed by atoms with Gasteiger partial charge in [0.25, 0.3) is 0 Å². The molecule has 6 nitrogen and oxygen atoms in total. The summed E-state index contributed by atoms with van der Waals surface area (Å²) >= 11 is 0. The van der Waals surface area contributed by atoms with Gasteiger partial charge in [-0.2, -0.15) is 0 Å². The number of likely N-dealkylation sites (N-methyl/N-ethyl adjacent to an activating group) is 1. The van der Waals surface area contributed by atoms with Crippen LogP contribution >= 0.6 is 0 Å². The van der Waals surface area contributed by atoms with Crippen molar-refractivity contribution in [2.24, 2.45) is 0 Å². The number of carboxylic acids is 1. The first kappa shape index (κ1) is 17.7. The fourth-order valence-corrected chi connectivity index (χ4v) is 2.48. The molecule has 0 aliphatic carbocycles. The van der Waals surface area contributed by atoms with Crippen molar-refractivity contribution < 1.29 is 19.4 Å². The number of aromatic nitrogens is 1. The predicted molar refractivity (Wildman–Crippen MR) is 92.2 cm³/mol. The van der Waals surface area contributed by atoms with Crippen molar-refractivity contribution in [3.8, 4) is 5.75 Å². The number of H-pyrrole nitrogens is 1. The average Bonchev–Trinajstić information content (AvgIpc) is 2.95. The van der Waals surface area contributed by atoms with E-state index in [-0.39, 0.29) is 12.8 Å². The van der Waals surface area contributed by atoms with Gasteiger partial charge in [-0.1, -0.05) is 18.2 Å². The average molecular weight is 330 g/mol. The van der Waals surface area contributed by atoms with Crippen molar-refractivity contribution >= 4 is 22.8 Å². The molecule has 0 bridgehead atoms. The summed E-state index contributed by atoms with van der Waals surface area (Å²) in [5.41, 5.74) is 1.90. The van der Waals surface area contributed by atoms with E-state index in [0.29, 0.717) is 5.75 Å². The second kappa shape index (κ2) is 8.31. The van der Waals surface area contributed by atoms with Gasteiger partial charge in [0, 0.05) is 24.7 Å². The van der Waals surface area contributed by atoms with Crippen LogP contribution in [-0.2, 0) is 16.0 Å². The Balaban J connectivity index is 2.09. The zero-order valence-corrected chi connectivity index (χ0v) is 13.7. The molecule has 0 saturated heterocycles. The molecule has 6 heteroatoms. The number of fused-ring (bicyclic) bond motifs is 1. The number of para-hydroxylation sites is 1. The molecule has 0 atom stereocenters. The van der Waals surface area contributed by atoms with Crippen LogP contribution in [0.5, 0.6) is 5.75 Å². The molecule has 2 N–H and O–H groups in total. The molecule has 0 aliphatic heterocycles. The Bertz CT molecular complexity index is 736. The number of nitrogens with zero attached hydrogens (tertiary/aromatic N) is 1. The lowest BCUT2D eigenvalue weighted by Gasteiger charge is -2.13. The minimum atomic E-state index is -1.02. The van der Waals surface area contributed by atoms with Crippen LogP contribution in [0.1, 0.15) is 18.4 Å². The number of carbonyl (C=O) groups is 2. The zero-order valence-electron chi connectivity index (χ0n) is 13.7. The van der Waals surface area contributed by atoms with Gasteiger partial charge < -0.3 is 19.7 Å². The molecule has 0 spiro atoms. The number of ether oxygens (including phenoxy) is 1. The Kier molecular flexibility index (Phi) is 6.14. The highest BCUT2D eigenvalue weighted by Crippen LogP contribution is 2.28.